The fourth-order valence-corrected chi connectivity index (χ4v) is 7.04. The molecule has 3 atom stereocenters. The van der Waals surface area contributed by atoms with Crippen LogP contribution in [-0.4, -0.2) is 64.8 Å². The molecule has 1 aliphatic heterocycles. The molecule has 0 bridgehead atoms. The van der Waals surface area contributed by atoms with Crippen LogP contribution in [0.2, 0.25) is 0 Å². The smallest absolute Gasteiger partial charge is 0.239 e. The highest BCUT2D eigenvalue weighted by atomic mass is 16.2. The lowest BCUT2D eigenvalue weighted by molar-refractivity contribution is -0.132. The molecule has 0 unspecified atom stereocenters. The number of hydrogen-bond donors (Lipinski definition) is 5. The van der Waals surface area contributed by atoms with Crippen molar-refractivity contribution in [3.63, 3.8) is 0 Å². The van der Waals surface area contributed by atoms with Gasteiger partial charge in [0.05, 0.1) is 17.9 Å². The van der Waals surface area contributed by atoms with Crippen molar-refractivity contribution in [1.29, 1.82) is 0 Å². The Hall–Kier alpha value is -5.41. The third-order valence-corrected chi connectivity index (χ3v) is 9.63. The van der Waals surface area contributed by atoms with Gasteiger partial charge in [0, 0.05) is 60.4 Å². The second-order valence-electron chi connectivity index (χ2n) is 12.7. The van der Waals surface area contributed by atoms with Gasteiger partial charge in [-0.15, -0.1) is 0 Å². The van der Waals surface area contributed by atoms with E-state index in [2.05, 4.69) is 38.8 Å². The predicted octanol–water partition coefficient (Wildman–Crippen LogP) is 4.46. The minimum Gasteiger partial charge on any atom is -0.361 e. The second-order valence-corrected chi connectivity index (χ2v) is 12.7. The summed E-state index contributed by atoms with van der Waals surface area (Å²) in [6, 6.07) is 29.5. The van der Waals surface area contributed by atoms with Gasteiger partial charge in [0.15, 0.2) is 0 Å². The maximum atomic E-state index is 13.7. The molecule has 3 amide bonds. The SMILES string of the molecule is N[C@@H](Cc1ccc2ccccc2c1)C(=O)N1C[C@@H](C(=O)NCCc2c[nH]c3ccccc23)[C@H](C(=O)NCCc2c[nH]c3ccccc23)C1. The van der Waals surface area contributed by atoms with Gasteiger partial charge in [0.25, 0.3) is 0 Å². The van der Waals surface area contributed by atoms with Crippen LogP contribution in [0.25, 0.3) is 32.6 Å². The first-order chi connectivity index (χ1) is 23.4. The zero-order chi connectivity index (χ0) is 33.0. The summed E-state index contributed by atoms with van der Waals surface area (Å²) in [5.74, 6) is -2.08. The number of amides is 3. The number of fused-ring (bicyclic) bond motifs is 3. The van der Waals surface area contributed by atoms with E-state index >= 15 is 0 Å². The van der Waals surface area contributed by atoms with Crippen LogP contribution in [0.1, 0.15) is 16.7 Å². The summed E-state index contributed by atoms with van der Waals surface area (Å²) in [5.41, 5.74) is 11.8. The van der Waals surface area contributed by atoms with Gasteiger partial charge in [0.1, 0.15) is 0 Å². The Morgan fingerprint density at radius 1 is 0.708 bits per heavy atom. The molecule has 7 rings (SSSR count). The zero-order valence-corrected chi connectivity index (χ0v) is 26.7. The number of nitrogens with two attached hydrogens (primary N) is 1. The molecule has 6 aromatic rings. The topological polar surface area (TPSA) is 136 Å². The second kappa shape index (κ2) is 13.8. The van der Waals surface area contributed by atoms with Crippen molar-refractivity contribution in [2.75, 3.05) is 26.2 Å². The number of nitrogens with zero attached hydrogens (tertiary/aromatic N) is 1. The first kappa shape index (κ1) is 31.2. The Labute approximate surface area is 278 Å². The highest BCUT2D eigenvalue weighted by Gasteiger charge is 2.44. The van der Waals surface area contributed by atoms with Gasteiger partial charge in [-0.3, -0.25) is 14.4 Å². The van der Waals surface area contributed by atoms with Crippen molar-refractivity contribution >= 4 is 50.3 Å². The summed E-state index contributed by atoms with van der Waals surface area (Å²) >= 11 is 0. The van der Waals surface area contributed by atoms with Gasteiger partial charge in [-0.05, 0) is 58.9 Å². The lowest BCUT2D eigenvalue weighted by atomic mass is 9.94. The number of rotatable bonds is 11. The number of hydrogen-bond acceptors (Lipinski definition) is 4. The van der Waals surface area contributed by atoms with Crippen LogP contribution < -0.4 is 16.4 Å². The number of aromatic nitrogens is 2. The molecule has 9 heteroatoms. The number of aromatic amines is 2. The van der Waals surface area contributed by atoms with E-state index in [9.17, 15) is 14.4 Å². The molecule has 1 aliphatic rings. The molecular weight excluding hydrogens is 600 g/mol. The molecule has 3 heterocycles. The van der Waals surface area contributed by atoms with Crippen LogP contribution in [0.3, 0.4) is 0 Å². The number of carbonyl (C=O) groups excluding carboxylic acids is 3. The zero-order valence-electron chi connectivity index (χ0n) is 26.7. The van der Waals surface area contributed by atoms with E-state index in [1.165, 1.54) is 0 Å². The summed E-state index contributed by atoms with van der Waals surface area (Å²) < 4.78 is 0. The molecule has 9 nitrogen and oxygen atoms in total. The average Bonchev–Trinajstić information content (AvgIpc) is 3.85. The number of carbonyl (C=O) groups is 3. The molecule has 0 saturated carbocycles. The Morgan fingerprint density at radius 2 is 1.23 bits per heavy atom. The standard InChI is InChI=1S/C39H40N6O3/c40-34(20-25-13-14-26-7-1-2-8-27(26)19-25)39(48)45-23-32(37(46)41-17-15-28-21-43-35-11-5-3-9-30(28)35)33(24-45)38(47)42-18-16-29-22-44-36-12-6-4-10-31(29)36/h1-14,19,21-22,32-34,43-44H,15-18,20,23-24,40H2,(H,41,46)(H,42,47)/t32-,33-,34+/m1/s1. The summed E-state index contributed by atoms with van der Waals surface area (Å²) in [6.07, 6.45) is 5.58. The maximum absolute atomic E-state index is 13.7. The van der Waals surface area contributed by atoms with Gasteiger partial charge >= 0.3 is 0 Å². The van der Waals surface area contributed by atoms with Gasteiger partial charge in [0.2, 0.25) is 17.7 Å². The van der Waals surface area contributed by atoms with Crippen LogP contribution >= 0.6 is 0 Å². The van der Waals surface area contributed by atoms with Gasteiger partial charge in [-0.2, -0.15) is 0 Å². The van der Waals surface area contributed by atoms with Gasteiger partial charge in [-0.25, -0.2) is 0 Å². The maximum Gasteiger partial charge on any atom is 0.239 e. The van der Waals surface area contributed by atoms with Crippen molar-refractivity contribution in [2.45, 2.75) is 25.3 Å². The lowest BCUT2D eigenvalue weighted by Gasteiger charge is -2.21. The third-order valence-electron chi connectivity index (χ3n) is 9.63. The van der Waals surface area contributed by atoms with Crippen LogP contribution in [0, 0.1) is 11.8 Å². The highest BCUT2D eigenvalue weighted by Crippen LogP contribution is 2.26. The van der Waals surface area contributed by atoms with E-state index in [-0.39, 0.29) is 30.8 Å². The largest absolute Gasteiger partial charge is 0.361 e. The third kappa shape index (κ3) is 6.55. The van der Waals surface area contributed by atoms with E-state index in [1.807, 2.05) is 85.2 Å². The van der Waals surface area contributed by atoms with E-state index in [0.717, 1.165) is 49.3 Å². The number of para-hydroxylation sites is 2. The van der Waals surface area contributed by atoms with Crippen LogP contribution in [-0.2, 0) is 33.6 Å². The van der Waals surface area contributed by atoms with Crippen LogP contribution in [0.4, 0.5) is 0 Å². The fourth-order valence-electron chi connectivity index (χ4n) is 7.04. The summed E-state index contributed by atoms with van der Waals surface area (Å²) in [5, 5.41) is 10.6. The van der Waals surface area contributed by atoms with Crippen molar-refractivity contribution < 1.29 is 14.4 Å². The number of benzene rings is 4. The van der Waals surface area contributed by atoms with E-state index < -0.39 is 17.9 Å². The molecule has 0 aliphatic carbocycles. The van der Waals surface area contributed by atoms with Crippen molar-refractivity contribution in [2.24, 2.45) is 17.6 Å². The predicted molar refractivity (Wildman–Crippen MR) is 189 cm³/mol. The van der Waals surface area contributed by atoms with E-state index in [0.29, 0.717) is 32.4 Å². The van der Waals surface area contributed by atoms with Gasteiger partial charge in [-0.1, -0.05) is 78.9 Å². The number of H-pyrrole nitrogens is 2. The van der Waals surface area contributed by atoms with E-state index in [4.69, 9.17) is 5.73 Å². The van der Waals surface area contributed by atoms with Crippen molar-refractivity contribution in [3.05, 3.63) is 120 Å². The summed E-state index contributed by atoms with van der Waals surface area (Å²) in [6.45, 7) is 1.12. The minimum atomic E-state index is -0.791. The first-order valence-electron chi connectivity index (χ1n) is 16.6. The Kier molecular flexibility index (Phi) is 8.94. The molecule has 2 aromatic heterocycles. The normalized spacial score (nSPS) is 16.8. The molecule has 1 fully saturated rings. The Balaban J connectivity index is 1.02. The summed E-state index contributed by atoms with van der Waals surface area (Å²) in [4.78, 5) is 49.1. The average molecular weight is 641 g/mol. The van der Waals surface area contributed by atoms with Crippen molar-refractivity contribution in [3.8, 4) is 0 Å². The lowest BCUT2D eigenvalue weighted by Crippen LogP contribution is -2.44. The van der Waals surface area contributed by atoms with E-state index in [1.54, 1.807) is 4.90 Å². The summed E-state index contributed by atoms with van der Waals surface area (Å²) in [7, 11) is 0. The molecule has 4 aromatic carbocycles. The van der Waals surface area contributed by atoms with Crippen LogP contribution in [0.15, 0.2) is 103 Å². The Bertz CT molecular complexity index is 2000. The molecular formula is C39H40N6O3. The fraction of sp³-hybridized carbons (Fsp3) is 0.256. The first-order valence-corrected chi connectivity index (χ1v) is 16.6. The van der Waals surface area contributed by atoms with Crippen LogP contribution in [0.5, 0.6) is 0 Å². The Morgan fingerprint density at radius 3 is 1.81 bits per heavy atom. The number of likely N-dealkylation sites (tertiary alicyclic amines) is 1. The monoisotopic (exact) mass is 640 g/mol. The van der Waals surface area contributed by atoms with Crippen molar-refractivity contribution in [1.82, 2.24) is 25.5 Å². The quantitative estimate of drug-likeness (QED) is 0.143. The molecule has 1 saturated heterocycles. The molecule has 244 valence electrons. The van der Waals surface area contributed by atoms with Gasteiger partial charge < -0.3 is 31.2 Å². The molecule has 0 spiro atoms. The molecule has 6 N–H and O–H groups in total. The highest BCUT2D eigenvalue weighted by molar-refractivity contribution is 5.92. The molecule has 0 radical (unpaired) electrons. The molecule has 48 heavy (non-hydrogen) atoms. The minimum absolute atomic E-state index is 0.143. The number of nitrogens with one attached hydrogen (secondary N) is 4.